The monoisotopic (exact) mass is 1170 g/mol. The van der Waals surface area contributed by atoms with E-state index in [-0.39, 0.29) is 56.3 Å². The van der Waals surface area contributed by atoms with Gasteiger partial charge in [0.15, 0.2) is 0 Å². The van der Waals surface area contributed by atoms with Gasteiger partial charge < -0.3 is 73.0 Å². The Morgan fingerprint density at radius 1 is 0.549 bits per heavy atom. The molecular weight excluding hydrogens is 1070 g/mol. The molecule has 1 rings (SSSR count). The fourth-order valence-corrected chi connectivity index (χ4v) is 9.13. The van der Waals surface area contributed by atoms with Crippen molar-refractivity contribution in [1.29, 1.82) is 0 Å². The number of carbonyl (C=O) groups is 11. The Kier molecular flexibility index (Phi) is 35.0. The van der Waals surface area contributed by atoms with Crippen LogP contribution in [-0.2, 0) is 57.5 Å². The molecule has 82 heavy (non-hydrogen) atoms. The van der Waals surface area contributed by atoms with Crippen molar-refractivity contribution in [2.75, 3.05) is 13.2 Å². The lowest BCUT2D eigenvalue weighted by Crippen LogP contribution is -2.64. The van der Waals surface area contributed by atoms with E-state index in [4.69, 9.17) is 4.74 Å². The molecule has 25 heteroatoms. The van der Waals surface area contributed by atoms with Crippen LogP contribution in [-0.4, -0.2) is 165 Å². The minimum atomic E-state index is -1.95. The standard InChI is InChI=1S/C57H101N9O16/c1-13-16-17-18-19-20-21-22-37(69)28-44(70)58-39(25-31(4)5)50(74)59-38(23-24-45(71)72)49(73)66-48-36(12)82-57(81)47(35(11)15-3)65-54(78)43(30-68)63-51(75)40(26-32(6)7)60-53(77)42(29-67)62-52(76)41(27-33(8)9)61-55(79)46(34(10)14-2)64-56(48)80/h31-43,46-48,67-69H,13-30H2,1-12H3,(H,58,70)(H,59,74)(H,60,77)(H,61,79)(H,62,76)(H,63,75)(H,64,80)(H,65,78)(H,66,73)(H,71,72)/t34-,35+,36+,37-,38-,39+,40+,41-,42-,43-,46?,47?,48?/m1/s1. The largest absolute Gasteiger partial charge is 0.481 e. The minimum absolute atomic E-state index is 0.00953. The Hall–Kier alpha value is -5.95. The van der Waals surface area contributed by atoms with Crippen LogP contribution in [0.25, 0.3) is 0 Å². The number of hydrogen-bond acceptors (Lipinski definition) is 15. The third-order valence-electron chi connectivity index (χ3n) is 14.4. The first-order chi connectivity index (χ1) is 38.5. The van der Waals surface area contributed by atoms with Crippen LogP contribution in [0, 0.1) is 29.6 Å². The summed E-state index contributed by atoms with van der Waals surface area (Å²) in [6, 6.07) is -14.1. The van der Waals surface area contributed by atoms with E-state index in [1.54, 1.807) is 69.2 Å². The Bertz CT molecular complexity index is 2080. The molecule has 1 aliphatic heterocycles. The van der Waals surface area contributed by atoms with E-state index >= 15 is 0 Å². The van der Waals surface area contributed by atoms with Crippen LogP contribution in [0.1, 0.15) is 186 Å². The van der Waals surface area contributed by atoms with Crippen LogP contribution in [0.2, 0.25) is 0 Å². The molecule has 13 atom stereocenters. The van der Waals surface area contributed by atoms with Crippen LogP contribution in [0.3, 0.4) is 0 Å². The third-order valence-corrected chi connectivity index (χ3v) is 14.4. The molecule has 0 aliphatic carbocycles. The number of rotatable bonds is 30. The van der Waals surface area contributed by atoms with Crippen LogP contribution in [0.5, 0.6) is 0 Å². The third kappa shape index (κ3) is 27.4. The van der Waals surface area contributed by atoms with Gasteiger partial charge in [0, 0.05) is 6.42 Å². The van der Waals surface area contributed by atoms with Gasteiger partial charge in [-0.1, -0.05) is 134 Å². The highest BCUT2D eigenvalue weighted by Gasteiger charge is 2.41. The molecule has 25 nitrogen and oxygen atoms in total. The van der Waals surface area contributed by atoms with E-state index in [1.165, 1.54) is 6.92 Å². The summed E-state index contributed by atoms with van der Waals surface area (Å²) in [6.45, 7) is 18.5. The normalized spacial score (nSPS) is 23.9. The Labute approximate surface area is 484 Å². The zero-order valence-corrected chi connectivity index (χ0v) is 50.7. The number of unbranched alkanes of at least 4 members (excludes halogenated alkanes) is 6. The predicted molar refractivity (Wildman–Crippen MR) is 304 cm³/mol. The highest BCUT2D eigenvalue weighted by atomic mass is 16.5. The smallest absolute Gasteiger partial charge is 0.329 e. The molecule has 0 aromatic rings. The van der Waals surface area contributed by atoms with Gasteiger partial charge in [-0.25, -0.2) is 4.79 Å². The summed E-state index contributed by atoms with van der Waals surface area (Å²) < 4.78 is 5.85. The van der Waals surface area contributed by atoms with Gasteiger partial charge in [-0.2, -0.15) is 0 Å². The second kappa shape index (κ2) is 38.8. The molecular formula is C57H101N9O16. The maximum absolute atomic E-state index is 14.8. The van der Waals surface area contributed by atoms with Crippen molar-refractivity contribution in [2.24, 2.45) is 29.6 Å². The molecule has 13 N–H and O–H groups in total. The van der Waals surface area contributed by atoms with E-state index in [0.29, 0.717) is 12.8 Å². The average Bonchev–Trinajstić information content (AvgIpc) is 3.58. The molecule has 0 saturated carbocycles. The number of nitrogens with one attached hydrogen (secondary N) is 9. The van der Waals surface area contributed by atoms with E-state index in [1.807, 2.05) is 0 Å². The maximum atomic E-state index is 14.8. The van der Waals surface area contributed by atoms with Crippen molar-refractivity contribution in [3.8, 4) is 0 Å². The van der Waals surface area contributed by atoms with Gasteiger partial charge in [0.05, 0.1) is 25.7 Å². The van der Waals surface area contributed by atoms with Gasteiger partial charge in [-0.05, 0) is 68.6 Å². The molecule has 1 heterocycles. The Morgan fingerprint density at radius 2 is 1.01 bits per heavy atom. The van der Waals surface area contributed by atoms with E-state index in [9.17, 15) is 73.2 Å². The van der Waals surface area contributed by atoms with Gasteiger partial charge in [0.2, 0.25) is 53.2 Å². The second-order valence-electron chi connectivity index (χ2n) is 23.3. The second-order valence-corrected chi connectivity index (χ2v) is 23.3. The zero-order valence-electron chi connectivity index (χ0n) is 50.7. The summed E-state index contributed by atoms with van der Waals surface area (Å²) in [4.78, 5) is 153. The summed E-state index contributed by atoms with van der Waals surface area (Å²) in [6.07, 6.45) is 3.74. The molecule has 0 bridgehead atoms. The van der Waals surface area contributed by atoms with Crippen molar-refractivity contribution in [1.82, 2.24) is 47.9 Å². The van der Waals surface area contributed by atoms with Gasteiger partial charge in [0.1, 0.15) is 60.5 Å². The number of ether oxygens (including phenoxy) is 1. The summed E-state index contributed by atoms with van der Waals surface area (Å²) in [7, 11) is 0. The average molecular weight is 1170 g/mol. The number of carbonyl (C=O) groups excluding carboxylic acids is 10. The summed E-state index contributed by atoms with van der Waals surface area (Å²) in [5.74, 6) is -13.3. The highest BCUT2D eigenvalue weighted by molar-refractivity contribution is 5.99. The molecule has 0 aromatic heterocycles. The molecule has 0 aromatic carbocycles. The molecule has 0 radical (unpaired) electrons. The van der Waals surface area contributed by atoms with Crippen molar-refractivity contribution in [3.05, 3.63) is 0 Å². The zero-order chi connectivity index (χ0) is 62.4. The first-order valence-electron chi connectivity index (χ1n) is 29.6. The highest BCUT2D eigenvalue weighted by Crippen LogP contribution is 2.18. The van der Waals surface area contributed by atoms with Crippen LogP contribution in [0.15, 0.2) is 0 Å². The van der Waals surface area contributed by atoms with E-state index in [0.717, 1.165) is 38.5 Å². The Balaban J connectivity index is 3.98. The minimum Gasteiger partial charge on any atom is -0.481 e. The fourth-order valence-electron chi connectivity index (χ4n) is 9.13. The Morgan fingerprint density at radius 3 is 1.50 bits per heavy atom. The predicted octanol–water partition coefficient (Wildman–Crippen LogP) is 1.27. The first kappa shape index (κ1) is 74.1. The SMILES string of the molecule is CCCCCCCCC[C@@H](O)CC(=O)N[C@@H](CC(C)C)C(=O)N[C@H](CCC(=O)O)C(=O)NC1C(=O)NC([C@H](C)CC)C(=O)N[C@H](CC(C)C)C(=O)N[C@H](CO)C(=O)N[C@@H](CC(C)C)C(=O)N[C@H](CO)C(=O)NC([C@@H](C)CC)C(=O)O[C@H]1C. The maximum Gasteiger partial charge on any atom is 0.329 e. The topological polar surface area (TPSA) is 386 Å². The van der Waals surface area contributed by atoms with Crippen LogP contribution >= 0.6 is 0 Å². The van der Waals surface area contributed by atoms with Gasteiger partial charge in [-0.3, -0.25) is 47.9 Å². The number of aliphatic hydroxyl groups is 3. The summed E-state index contributed by atoms with van der Waals surface area (Å²) in [5, 5.41) is 63.9. The molecule has 1 aliphatic rings. The number of cyclic esters (lactones) is 1. The number of carboxylic acids is 1. The van der Waals surface area contributed by atoms with E-state index < -0.39 is 170 Å². The van der Waals surface area contributed by atoms with Crippen molar-refractivity contribution < 1.29 is 77.9 Å². The number of aliphatic carboxylic acids is 1. The van der Waals surface area contributed by atoms with Gasteiger partial charge >= 0.3 is 11.9 Å². The van der Waals surface area contributed by atoms with Gasteiger partial charge in [-0.15, -0.1) is 0 Å². The molecule has 3 unspecified atom stereocenters. The van der Waals surface area contributed by atoms with Gasteiger partial charge in [0.25, 0.3) is 0 Å². The number of aliphatic hydroxyl groups excluding tert-OH is 3. The summed E-state index contributed by atoms with van der Waals surface area (Å²) in [5.41, 5.74) is 0. The summed E-state index contributed by atoms with van der Waals surface area (Å²) >= 11 is 0. The molecule has 470 valence electrons. The number of esters is 1. The lowest BCUT2D eigenvalue weighted by atomic mass is 9.96. The fraction of sp³-hybridized carbons (Fsp3) is 0.807. The number of hydrogen-bond donors (Lipinski definition) is 13. The number of carboxylic acid groups (broad SMARTS) is 1. The quantitative estimate of drug-likeness (QED) is 0.0356. The van der Waals surface area contributed by atoms with Crippen LogP contribution in [0.4, 0.5) is 0 Å². The molecule has 1 saturated heterocycles. The number of amides is 9. The van der Waals surface area contributed by atoms with Crippen molar-refractivity contribution >= 4 is 65.1 Å². The molecule has 1 fully saturated rings. The van der Waals surface area contributed by atoms with Crippen LogP contribution < -0.4 is 47.9 Å². The van der Waals surface area contributed by atoms with Crippen molar-refractivity contribution in [3.63, 3.8) is 0 Å². The lowest BCUT2D eigenvalue weighted by molar-refractivity contribution is -0.158. The van der Waals surface area contributed by atoms with Crippen molar-refractivity contribution in [2.45, 2.75) is 252 Å². The molecule has 9 amide bonds. The lowest BCUT2D eigenvalue weighted by Gasteiger charge is -2.32. The van der Waals surface area contributed by atoms with E-state index in [2.05, 4.69) is 54.8 Å². The molecule has 0 spiro atoms. The first-order valence-corrected chi connectivity index (χ1v) is 29.6.